The van der Waals surface area contributed by atoms with E-state index in [9.17, 15) is 0 Å². The van der Waals surface area contributed by atoms with Crippen LogP contribution in [0.5, 0.6) is 0 Å². The summed E-state index contributed by atoms with van der Waals surface area (Å²) in [4.78, 5) is 5.32. The predicted molar refractivity (Wildman–Crippen MR) is 371 cm³/mol. The van der Waals surface area contributed by atoms with Crippen LogP contribution in [0.2, 0.25) is 0 Å². The van der Waals surface area contributed by atoms with Gasteiger partial charge in [-0.2, -0.15) is 0 Å². The normalized spacial score (nSPS) is 17.0. The summed E-state index contributed by atoms with van der Waals surface area (Å²) >= 11 is 0. The largest absolute Gasteiger partial charge is 0.310 e. The number of benzene rings is 12. The monoisotopic (exact) mass is 1130 g/mol. The lowest BCUT2D eigenvalue weighted by molar-refractivity contribution is 0.609. The minimum Gasteiger partial charge on any atom is -0.310 e. The molecule has 1 atom stereocenters. The Labute approximate surface area is 518 Å². The first-order valence-corrected chi connectivity index (χ1v) is 31.7. The van der Waals surface area contributed by atoms with E-state index in [2.05, 4.69) is 326 Å². The molecule has 5 aliphatic carbocycles. The summed E-state index contributed by atoms with van der Waals surface area (Å²) in [5.74, 6) is 0.308. The van der Waals surface area contributed by atoms with Crippen LogP contribution in [-0.2, 0) is 21.7 Å². The van der Waals surface area contributed by atoms with Gasteiger partial charge >= 0.3 is 0 Å². The van der Waals surface area contributed by atoms with Crippen molar-refractivity contribution in [2.24, 2.45) is 0 Å². The summed E-state index contributed by atoms with van der Waals surface area (Å²) in [5.41, 5.74) is 31.3. The molecule has 1 unspecified atom stereocenters. The zero-order valence-corrected chi connectivity index (χ0v) is 51.5. The quantitative estimate of drug-likeness (QED) is 0.111. The topological polar surface area (TPSA) is 6.48 Å². The van der Waals surface area contributed by atoms with E-state index in [4.69, 9.17) is 0 Å². The molecule has 0 radical (unpaired) electrons. The molecule has 0 spiro atoms. The summed E-state index contributed by atoms with van der Waals surface area (Å²) in [6.07, 6.45) is 6.06. The van der Waals surface area contributed by atoms with Gasteiger partial charge in [-0.05, 0) is 161 Å². The highest BCUT2D eigenvalue weighted by Gasteiger charge is 2.44. The van der Waals surface area contributed by atoms with E-state index in [1.807, 2.05) is 0 Å². The van der Waals surface area contributed by atoms with E-state index in [0.717, 1.165) is 29.2 Å². The van der Waals surface area contributed by atoms with Gasteiger partial charge in [0.1, 0.15) is 0 Å². The SMILES string of the molecule is CC1(C)C2=CC(N(c3ccc4c(c3)C(C)(C)c3ccccc3-4)c3c4cc(-c5ccccc5)ccc4c(N(c4ccc5c(c4)-c4ccccc4C5(C)C)c4ccc5c(c4)C(C)(C)c4ccccc4-5)c4cc(-c5ccccc5)ccc34)=CCC2c2ccccc21. The zero-order valence-electron chi connectivity index (χ0n) is 51.5. The number of rotatable bonds is 8. The Bertz CT molecular complexity index is 5010. The van der Waals surface area contributed by atoms with E-state index in [0.29, 0.717) is 5.92 Å². The zero-order chi connectivity index (χ0) is 59.6. The van der Waals surface area contributed by atoms with Crippen molar-refractivity contribution in [1.82, 2.24) is 0 Å². The van der Waals surface area contributed by atoms with Crippen molar-refractivity contribution < 1.29 is 0 Å². The summed E-state index contributed by atoms with van der Waals surface area (Å²) < 4.78 is 0. The van der Waals surface area contributed by atoms with E-state index in [-0.39, 0.29) is 21.7 Å². The third-order valence-corrected chi connectivity index (χ3v) is 21.4. The average molecular weight is 1130 g/mol. The van der Waals surface area contributed by atoms with Gasteiger partial charge in [0.25, 0.3) is 0 Å². The molecule has 2 nitrogen and oxygen atoms in total. The van der Waals surface area contributed by atoms with Crippen LogP contribution in [0.3, 0.4) is 0 Å². The fourth-order valence-electron chi connectivity index (χ4n) is 16.9. The molecule has 0 saturated carbocycles. The van der Waals surface area contributed by atoms with Gasteiger partial charge in [-0.1, -0.05) is 267 Å². The van der Waals surface area contributed by atoms with Gasteiger partial charge in [0.05, 0.1) is 11.4 Å². The van der Waals surface area contributed by atoms with Crippen LogP contribution in [-0.4, -0.2) is 0 Å². The lowest BCUT2D eigenvalue weighted by atomic mass is 9.78. The highest BCUT2D eigenvalue weighted by molar-refractivity contribution is 6.24. The lowest BCUT2D eigenvalue weighted by Crippen LogP contribution is -2.24. The van der Waals surface area contributed by atoms with Gasteiger partial charge in [-0.15, -0.1) is 0 Å². The number of allylic oxidation sites excluding steroid dienone is 3. The van der Waals surface area contributed by atoms with Gasteiger partial charge in [0.15, 0.2) is 0 Å². The van der Waals surface area contributed by atoms with Crippen molar-refractivity contribution in [3.8, 4) is 55.6 Å². The van der Waals surface area contributed by atoms with E-state index in [1.54, 1.807) is 0 Å². The van der Waals surface area contributed by atoms with Crippen molar-refractivity contribution in [1.29, 1.82) is 0 Å². The van der Waals surface area contributed by atoms with E-state index in [1.165, 1.54) is 139 Å². The summed E-state index contributed by atoms with van der Waals surface area (Å²) in [5, 5.41) is 4.71. The molecule has 12 aromatic carbocycles. The molecule has 0 aliphatic heterocycles. The third-order valence-electron chi connectivity index (χ3n) is 21.4. The fourth-order valence-corrected chi connectivity index (χ4v) is 16.9. The summed E-state index contributed by atoms with van der Waals surface area (Å²) in [6, 6.07) is 95.2. The van der Waals surface area contributed by atoms with Crippen LogP contribution in [0.15, 0.2) is 272 Å². The van der Waals surface area contributed by atoms with Crippen molar-refractivity contribution in [2.75, 3.05) is 9.80 Å². The van der Waals surface area contributed by atoms with Crippen LogP contribution in [0, 0.1) is 0 Å². The average Bonchev–Trinajstić information content (AvgIpc) is 1.97. The molecule has 0 N–H and O–H groups in total. The number of nitrogens with zero attached hydrogens (tertiary/aromatic N) is 2. The number of hydrogen-bond acceptors (Lipinski definition) is 2. The van der Waals surface area contributed by atoms with Crippen molar-refractivity contribution >= 4 is 50.0 Å². The molecule has 0 bridgehead atoms. The molecule has 0 heterocycles. The Morgan fingerprint density at radius 3 is 1.25 bits per heavy atom. The first-order valence-electron chi connectivity index (χ1n) is 31.7. The molecule has 5 aliphatic rings. The minimum absolute atomic E-state index is 0.156. The minimum atomic E-state index is -0.226. The van der Waals surface area contributed by atoms with Crippen LogP contribution in [0.4, 0.5) is 28.4 Å². The summed E-state index contributed by atoms with van der Waals surface area (Å²) in [6.45, 7) is 19.3. The highest BCUT2D eigenvalue weighted by Crippen LogP contribution is 2.60. The van der Waals surface area contributed by atoms with Crippen LogP contribution >= 0.6 is 0 Å². The summed E-state index contributed by atoms with van der Waals surface area (Å²) in [7, 11) is 0. The lowest BCUT2D eigenvalue weighted by Gasteiger charge is -2.36. The van der Waals surface area contributed by atoms with Gasteiger partial charge in [-0.3, -0.25) is 0 Å². The van der Waals surface area contributed by atoms with Crippen LogP contribution < -0.4 is 9.80 Å². The molecule has 2 heteroatoms. The van der Waals surface area contributed by atoms with Gasteiger partial charge in [0.2, 0.25) is 0 Å². The Morgan fingerprint density at radius 2 is 0.705 bits per heavy atom. The van der Waals surface area contributed by atoms with E-state index >= 15 is 0 Å². The van der Waals surface area contributed by atoms with Gasteiger partial charge in [-0.25, -0.2) is 0 Å². The van der Waals surface area contributed by atoms with Crippen LogP contribution in [0.25, 0.3) is 77.2 Å². The maximum Gasteiger partial charge on any atom is 0.0620 e. The van der Waals surface area contributed by atoms with Crippen molar-refractivity contribution in [3.63, 3.8) is 0 Å². The molecular formula is C86H70N2. The second kappa shape index (κ2) is 18.9. The number of hydrogen-bond donors (Lipinski definition) is 0. The smallest absolute Gasteiger partial charge is 0.0620 e. The molecule has 424 valence electrons. The molecule has 12 aromatic rings. The maximum absolute atomic E-state index is 2.68. The molecule has 0 fully saturated rings. The Hall–Kier alpha value is -9.76. The van der Waals surface area contributed by atoms with Crippen molar-refractivity contribution in [3.05, 3.63) is 317 Å². The second-order valence-electron chi connectivity index (χ2n) is 27.6. The second-order valence-corrected chi connectivity index (χ2v) is 27.6. The Balaban J connectivity index is 1.01. The van der Waals surface area contributed by atoms with E-state index < -0.39 is 0 Å². The molecule has 0 saturated heterocycles. The molecule has 17 rings (SSSR count). The number of anilines is 5. The van der Waals surface area contributed by atoms with Gasteiger partial charge in [0, 0.05) is 71.9 Å². The van der Waals surface area contributed by atoms with Crippen molar-refractivity contribution in [2.45, 2.75) is 89.4 Å². The van der Waals surface area contributed by atoms with Gasteiger partial charge < -0.3 is 9.80 Å². The fraction of sp³-hybridized carbons (Fsp3) is 0.163. The first kappa shape index (κ1) is 52.6. The Kier molecular flexibility index (Phi) is 11.3. The maximum atomic E-state index is 2.68. The highest BCUT2D eigenvalue weighted by atomic mass is 15.2. The number of fused-ring (bicyclic) bond motifs is 14. The van der Waals surface area contributed by atoms with Crippen LogP contribution in [0.1, 0.15) is 112 Å². The third kappa shape index (κ3) is 7.48. The molecule has 0 amide bonds. The molecule has 0 aromatic heterocycles. The predicted octanol–water partition coefficient (Wildman–Crippen LogP) is 23.1. The molecule has 88 heavy (non-hydrogen) atoms. The Morgan fingerprint density at radius 1 is 0.295 bits per heavy atom. The standard InChI is InChI=1S/C86H70N2/c1-83(2)76-34-22-18-30-64(76)70-49-57(40-46-77(70)83)87(58-37-43-65-61-27-15-19-31-73(61)84(3,4)78(65)50-58)81-68-41-35-56(54-25-13-10-14-26-54)48-72(68)82(69-42-36-55(47-71(69)81)53-23-11-9-12-24-53)88(59-38-44-66-62-28-16-20-32-74(62)85(5,6)79(66)51-59)60-39-45-67-63-29-17-21-33-75(63)86(7,8)80(67)52-60/h9-44,46-52,67H,45H2,1-8H3. The molecular weight excluding hydrogens is 1060 g/mol. The first-order chi connectivity index (χ1) is 42.7.